The highest BCUT2D eigenvalue weighted by Gasteiger charge is 1.98. The summed E-state index contributed by atoms with van der Waals surface area (Å²) in [6.45, 7) is 0. The standard InChI is InChI=1S/C6H4INO2/c7-6(10)4-1-2-8-5(9)3-4/h1-3H,(H,8,9). The molecule has 0 aromatic carbocycles. The lowest BCUT2D eigenvalue weighted by Gasteiger charge is -1.88. The fourth-order valence-electron chi connectivity index (χ4n) is 0.567. The van der Waals surface area contributed by atoms with Crippen molar-refractivity contribution >= 4 is 26.4 Å². The predicted octanol–water partition coefficient (Wildman–Crippen LogP) is 0.950. The summed E-state index contributed by atoms with van der Waals surface area (Å²) in [6, 6.07) is 2.84. The van der Waals surface area contributed by atoms with E-state index in [1.165, 1.54) is 12.3 Å². The number of nitrogens with one attached hydrogen (secondary N) is 1. The monoisotopic (exact) mass is 249 g/mol. The number of carbonyl (C=O) groups is 1. The fourth-order valence-corrected chi connectivity index (χ4v) is 0.902. The zero-order valence-electron chi connectivity index (χ0n) is 4.93. The number of aromatic nitrogens is 1. The Morgan fingerprint density at radius 3 is 2.70 bits per heavy atom. The number of H-pyrrole nitrogens is 1. The van der Waals surface area contributed by atoms with Gasteiger partial charge in [-0.1, -0.05) is 0 Å². The predicted molar refractivity (Wildman–Crippen MR) is 45.4 cm³/mol. The quantitative estimate of drug-likeness (QED) is 0.595. The lowest BCUT2D eigenvalue weighted by Crippen LogP contribution is -2.04. The smallest absolute Gasteiger partial charge is 0.248 e. The van der Waals surface area contributed by atoms with Crippen LogP contribution < -0.4 is 5.56 Å². The molecule has 10 heavy (non-hydrogen) atoms. The van der Waals surface area contributed by atoms with Crippen molar-refractivity contribution in [1.82, 2.24) is 4.98 Å². The molecule has 0 fully saturated rings. The molecule has 1 aromatic heterocycles. The molecule has 3 nitrogen and oxygen atoms in total. The van der Waals surface area contributed by atoms with Crippen molar-refractivity contribution in [3.63, 3.8) is 0 Å². The maximum Gasteiger partial charge on any atom is 0.248 e. The topological polar surface area (TPSA) is 49.9 Å². The van der Waals surface area contributed by atoms with E-state index in [9.17, 15) is 9.59 Å². The third kappa shape index (κ3) is 1.66. The van der Waals surface area contributed by atoms with E-state index in [4.69, 9.17) is 0 Å². The zero-order valence-corrected chi connectivity index (χ0v) is 7.08. The maximum absolute atomic E-state index is 10.6. The molecule has 0 amide bonds. The first-order chi connectivity index (χ1) is 4.70. The van der Waals surface area contributed by atoms with Gasteiger partial charge in [0, 0.05) is 40.4 Å². The minimum absolute atomic E-state index is 0.122. The van der Waals surface area contributed by atoms with Crippen molar-refractivity contribution in [2.45, 2.75) is 0 Å². The third-order valence-electron chi connectivity index (χ3n) is 1.00. The molecule has 0 bridgehead atoms. The maximum atomic E-state index is 10.6. The minimum Gasteiger partial charge on any atom is -0.329 e. The molecule has 1 N–H and O–H groups in total. The highest BCUT2D eigenvalue weighted by atomic mass is 127. The van der Waals surface area contributed by atoms with Gasteiger partial charge in [-0.05, 0) is 6.07 Å². The minimum atomic E-state index is -0.248. The van der Waals surface area contributed by atoms with Gasteiger partial charge in [0.15, 0.2) is 0 Å². The van der Waals surface area contributed by atoms with Crippen LogP contribution in [0, 0.1) is 0 Å². The van der Waals surface area contributed by atoms with E-state index in [0.717, 1.165) is 0 Å². The van der Waals surface area contributed by atoms with Crippen LogP contribution in [0.2, 0.25) is 0 Å². The summed E-state index contributed by atoms with van der Waals surface area (Å²) in [6.07, 6.45) is 1.45. The van der Waals surface area contributed by atoms with E-state index in [-0.39, 0.29) is 9.35 Å². The molecular formula is C6H4INO2. The third-order valence-corrected chi connectivity index (χ3v) is 1.62. The molecule has 0 saturated heterocycles. The van der Waals surface area contributed by atoms with Gasteiger partial charge >= 0.3 is 0 Å². The molecule has 0 aliphatic carbocycles. The summed E-state index contributed by atoms with van der Waals surface area (Å²) in [5.74, 6) is 0. The van der Waals surface area contributed by atoms with Crippen LogP contribution in [0.4, 0.5) is 0 Å². The first-order valence-electron chi connectivity index (χ1n) is 2.59. The van der Waals surface area contributed by atoms with E-state index < -0.39 is 0 Å². The second-order valence-electron chi connectivity index (χ2n) is 1.72. The molecule has 1 heterocycles. The molecule has 4 heteroatoms. The molecule has 52 valence electrons. The number of carbonyl (C=O) groups excluding carboxylic acids is 1. The Bertz CT molecular complexity index is 305. The van der Waals surface area contributed by atoms with Gasteiger partial charge in [-0.15, -0.1) is 0 Å². The first kappa shape index (κ1) is 7.46. The van der Waals surface area contributed by atoms with Crippen molar-refractivity contribution in [3.8, 4) is 0 Å². The van der Waals surface area contributed by atoms with Crippen LogP contribution in [-0.4, -0.2) is 8.77 Å². The van der Waals surface area contributed by atoms with Crippen molar-refractivity contribution in [1.29, 1.82) is 0 Å². The van der Waals surface area contributed by atoms with Gasteiger partial charge in [-0.3, -0.25) is 9.59 Å². The number of hydrogen-bond acceptors (Lipinski definition) is 2. The van der Waals surface area contributed by atoms with Crippen molar-refractivity contribution in [2.24, 2.45) is 0 Å². The average Bonchev–Trinajstić information content (AvgIpc) is 1.88. The number of aromatic amines is 1. The van der Waals surface area contributed by atoms with Gasteiger partial charge in [0.2, 0.25) is 9.35 Å². The Kier molecular flexibility index (Phi) is 2.21. The fraction of sp³-hybridized carbons (Fsp3) is 0. The van der Waals surface area contributed by atoms with Gasteiger partial charge in [-0.25, -0.2) is 0 Å². The molecule has 0 saturated carbocycles. The van der Waals surface area contributed by atoms with Crippen LogP contribution in [0.3, 0.4) is 0 Å². The normalized spacial score (nSPS) is 9.30. The van der Waals surface area contributed by atoms with Crippen LogP contribution in [0.5, 0.6) is 0 Å². The van der Waals surface area contributed by atoms with Gasteiger partial charge in [0.1, 0.15) is 0 Å². The lowest BCUT2D eigenvalue weighted by molar-refractivity contribution is 0.110. The Hall–Kier alpha value is -0.650. The number of halogens is 1. The largest absolute Gasteiger partial charge is 0.329 e. The molecule has 1 rings (SSSR count). The molecular weight excluding hydrogens is 245 g/mol. The Balaban J connectivity index is 3.20. The zero-order chi connectivity index (χ0) is 7.56. The summed E-state index contributed by atoms with van der Waals surface area (Å²) >= 11 is 1.63. The Morgan fingerprint density at radius 1 is 1.60 bits per heavy atom. The van der Waals surface area contributed by atoms with Crippen LogP contribution in [-0.2, 0) is 0 Å². The summed E-state index contributed by atoms with van der Waals surface area (Å²) in [7, 11) is 0. The van der Waals surface area contributed by atoms with Crippen molar-refractivity contribution in [3.05, 3.63) is 34.2 Å². The molecule has 0 aliphatic heterocycles. The first-order valence-corrected chi connectivity index (χ1v) is 3.66. The number of pyridine rings is 1. The van der Waals surface area contributed by atoms with Gasteiger partial charge in [0.25, 0.3) is 0 Å². The van der Waals surface area contributed by atoms with E-state index in [2.05, 4.69) is 4.98 Å². The molecule has 0 spiro atoms. The van der Waals surface area contributed by atoms with E-state index >= 15 is 0 Å². The van der Waals surface area contributed by atoms with Crippen molar-refractivity contribution < 1.29 is 4.79 Å². The lowest BCUT2D eigenvalue weighted by atomic mass is 10.3. The average molecular weight is 249 g/mol. The molecule has 0 aliphatic rings. The van der Waals surface area contributed by atoms with Gasteiger partial charge in [-0.2, -0.15) is 0 Å². The van der Waals surface area contributed by atoms with Crippen LogP contribution in [0.15, 0.2) is 23.1 Å². The highest BCUT2D eigenvalue weighted by Crippen LogP contribution is 2.00. The van der Waals surface area contributed by atoms with Crippen LogP contribution in [0.25, 0.3) is 0 Å². The SMILES string of the molecule is O=C(I)c1cc[nH]c(=O)c1. The van der Waals surface area contributed by atoms with E-state index in [0.29, 0.717) is 5.56 Å². The van der Waals surface area contributed by atoms with E-state index in [1.54, 1.807) is 28.7 Å². The summed E-state index contributed by atoms with van der Waals surface area (Å²) in [4.78, 5) is 23.6. The second-order valence-corrected chi connectivity index (χ2v) is 2.70. The van der Waals surface area contributed by atoms with E-state index in [1.807, 2.05) is 0 Å². The number of rotatable bonds is 1. The molecule has 1 aromatic rings. The summed E-state index contributed by atoms with van der Waals surface area (Å²) in [5.41, 5.74) is 0.187. The van der Waals surface area contributed by atoms with Crippen LogP contribution >= 0.6 is 22.6 Å². The van der Waals surface area contributed by atoms with Gasteiger partial charge in [0.05, 0.1) is 0 Å². The Labute approximate surface area is 70.6 Å². The molecule has 0 radical (unpaired) electrons. The summed E-state index contributed by atoms with van der Waals surface area (Å²) < 4.78 is -0.122. The summed E-state index contributed by atoms with van der Waals surface area (Å²) in [5, 5.41) is 0. The van der Waals surface area contributed by atoms with Gasteiger partial charge < -0.3 is 4.98 Å². The number of hydrogen-bond donors (Lipinski definition) is 1. The van der Waals surface area contributed by atoms with Crippen molar-refractivity contribution in [2.75, 3.05) is 0 Å². The second kappa shape index (κ2) is 2.96. The van der Waals surface area contributed by atoms with Crippen LogP contribution in [0.1, 0.15) is 10.4 Å². The highest BCUT2D eigenvalue weighted by molar-refractivity contribution is 14.1. The molecule has 0 atom stereocenters. The molecule has 0 unspecified atom stereocenters. The Morgan fingerprint density at radius 2 is 2.30 bits per heavy atom.